The van der Waals surface area contributed by atoms with Crippen LogP contribution in [-0.4, -0.2) is 46.6 Å². The number of nitrogens with zero attached hydrogens (tertiary/aromatic N) is 3. The Kier molecular flexibility index (Phi) is 14.0. The molecule has 0 aliphatic heterocycles. The summed E-state index contributed by atoms with van der Waals surface area (Å²) in [4.78, 5) is 21.9. The first-order valence-corrected chi connectivity index (χ1v) is 16.6. The summed E-state index contributed by atoms with van der Waals surface area (Å²) in [6, 6.07) is 14.7. The van der Waals surface area contributed by atoms with Crippen molar-refractivity contribution < 1.29 is 22.4 Å². The van der Waals surface area contributed by atoms with Crippen molar-refractivity contribution in [3.63, 3.8) is 0 Å². The lowest BCUT2D eigenvalue weighted by molar-refractivity contribution is -0.137. The van der Waals surface area contributed by atoms with Crippen LogP contribution in [0.25, 0.3) is 11.3 Å². The van der Waals surface area contributed by atoms with Crippen molar-refractivity contribution in [2.24, 2.45) is 5.73 Å². The van der Waals surface area contributed by atoms with Crippen molar-refractivity contribution in [3.8, 4) is 11.3 Å². The predicted molar refractivity (Wildman–Crippen MR) is 183 cm³/mol. The first-order chi connectivity index (χ1) is 22.0. The molecule has 0 bridgehead atoms. The van der Waals surface area contributed by atoms with Gasteiger partial charge in [-0.3, -0.25) is 9.78 Å². The minimum atomic E-state index is -4.40. The van der Waals surface area contributed by atoms with Gasteiger partial charge in [0.25, 0.3) is 0 Å². The molecule has 11 heteroatoms. The van der Waals surface area contributed by atoms with Crippen molar-refractivity contribution in [1.82, 2.24) is 14.8 Å². The molecule has 1 aliphatic rings. The fourth-order valence-corrected chi connectivity index (χ4v) is 5.92. The fourth-order valence-electron chi connectivity index (χ4n) is 5.07. The maximum atomic E-state index is 13.8. The van der Waals surface area contributed by atoms with Gasteiger partial charge in [0.05, 0.1) is 16.3 Å². The van der Waals surface area contributed by atoms with E-state index < -0.39 is 11.7 Å². The maximum Gasteiger partial charge on any atom is 0.416 e. The zero-order valence-electron chi connectivity index (χ0n) is 26.1. The highest BCUT2D eigenvalue weighted by Gasteiger charge is 2.30. The quantitative estimate of drug-likeness (QED) is 0.141. The highest BCUT2D eigenvalue weighted by Crippen LogP contribution is 2.37. The van der Waals surface area contributed by atoms with Gasteiger partial charge >= 0.3 is 6.18 Å². The lowest BCUT2D eigenvalue weighted by Crippen LogP contribution is -2.41. The summed E-state index contributed by atoms with van der Waals surface area (Å²) in [5.74, 6) is 0.144. The maximum absolute atomic E-state index is 13.8. The number of pyridine rings is 1. The van der Waals surface area contributed by atoms with Crippen LogP contribution < -0.4 is 5.73 Å². The topological polar surface area (TPSA) is 62.5 Å². The molecule has 0 atom stereocenters. The second-order valence-electron chi connectivity index (χ2n) is 10.7. The minimum Gasteiger partial charge on any atom is -0.335 e. The standard InChI is InChI=1S/C34H36F4N4OS.CH4S/c1-23(2)30-5-4-6-32(30)42(24(3)44-22-25-7-14-29(35)15-8-25)21-33(43)41(18-17-39)20-26-9-16-31(40-19-26)27-10-12-28(13-11-27)34(36,37)38;1-2/h7-16,19H,1,3-6,17-18,20-22,39H2,2H3;2H,1H3. The highest BCUT2D eigenvalue weighted by atomic mass is 32.2. The number of carbonyl (C=O) groups is 1. The number of benzene rings is 2. The Morgan fingerprint density at radius 3 is 2.22 bits per heavy atom. The molecule has 0 fully saturated rings. The number of hydrogen-bond acceptors (Lipinski definition) is 6. The number of halogens is 4. The molecule has 1 heterocycles. The molecule has 0 saturated heterocycles. The van der Waals surface area contributed by atoms with Crippen LogP contribution in [0.3, 0.4) is 0 Å². The number of alkyl halides is 3. The van der Waals surface area contributed by atoms with Gasteiger partial charge in [0, 0.05) is 42.8 Å². The number of thioether (sulfide) groups is 1. The number of rotatable bonds is 13. The van der Waals surface area contributed by atoms with E-state index in [2.05, 4.69) is 30.8 Å². The summed E-state index contributed by atoms with van der Waals surface area (Å²) in [6.45, 7) is 11.4. The van der Waals surface area contributed by atoms with E-state index in [0.29, 0.717) is 28.6 Å². The largest absolute Gasteiger partial charge is 0.416 e. The molecule has 1 aromatic heterocycles. The Morgan fingerprint density at radius 2 is 1.65 bits per heavy atom. The molecular weight excluding hydrogens is 633 g/mol. The third kappa shape index (κ3) is 10.2. The zero-order chi connectivity index (χ0) is 33.9. The van der Waals surface area contributed by atoms with Crippen LogP contribution in [0.15, 0.2) is 102 Å². The molecule has 4 rings (SSSR count). The van der Waals surface area contributed by atoms with Crippen LogP contribution in [0.2, 0.25) is 0 Å². The van der Waals surface area contributed by atoms with Crippen LogP contribution in [0.4, 0.5) is 17.6 Å². The first kappa shape index (κ1) is 36.9. The predicted octanol–water partition coefficient (Wildman–Crippen LogP) is 8.46. The monoisotopic (exact) mass is 672 g/mol. The molecule has 0 spiro atoms. The Bertz CT molecular complexity index is 1510. The highest BCUT2D eigenvalue weighted by molar-refractivity contribution is 8.02. The van der Waals surface area contributed by atoms with Crippen LogP contribution >= 0.6 is 24.4 Å². The smallest absolute Gasteiger partial charge is 0.335 e. The van der Waals surface area contributed by atoms with E-state index in [0.717, 1.165) is 59.4 Å². The van der Waals surface area contributed by atoms with E-state index in [1.54, 1.807) is 35.6 Å². The number of hydrogen-bond donors (Lipinski definition) is 2. The van der Waals surface area contributed by atoms with Crippen molar-refractivity contribution in [1.29, 1.82) is 0 Å². The lowest BCUT2D eigenvalue weighted by atomic mass is 10.1. The second-order valence-corrected chi connectivity index (χ2v) is 11.7. The molecule has 1 aliphatic carbocycles. The number of nitrogens with two attached hydrogens (primary N) is 1. The number of carbonyl (C=O) groups excluding carboxylic acids is 1. The van der Waals surface area contributed by atoms with Crippen LogP contribution in [0.1, 0.15) is 42.9 Å². The van der Waals surface area contributed by atoms with Crippen LogP contribution in [-0.2, 0) is 23.3 Å². The number of aromatic nitrogens is 1. The van der Waals surface area contributed by atoms with Crippen molar-refractivity contribution in [2.45, 2.75) is 44.7 Å². The molecule has 5 nitrogen and oxygen atoms in total. The Morgan fingerprint density at radius 1 is 1.00 bits per heavy atom. The second kappa shape index (κ2) is 17.4. The number of amides is 1. The molecule has 0 radical (unpaired) electrons. The zero-order valence-corrected chi connectivity index (χ0v) is 27.8. The lowest BCUT2D eigenvalue weighted by Gasteiger charge is -2.31. The van der Waals surface area contributed by atoms with E-state index >= 15 is 0 Å². The van der Waals surface area contributed by atoms with Crippen molar-refractivity contribution in [3.05, 3.63) is 124 Å². The molecule has 246 valence electrons. The molecular formula is C35H40F4N4OS2. The summed E-state index contributed by atoms with van der Waals surface area (Å²) in [5.41, 5.74) is 11.1. The molecule has 2 aromatic carbocycles. The number of allylic oxidation sites excluding steroid dienone is 3. The average Bonchev–Trinajstić information content (AvgIpc) is 3.54. The van der Waals surface area contributed by atoms with Gasteiger partial charge < -0.3 is 15.5 Å². The third-order valence-electron chi connectivity index (χ3n) is 7.40. The first-order valence-electron chi connectivity index (χ1n) is 14.7. The Labute approximate surface area is 278 Å². The van der Waals surface area contributed by atoms with Gasteiger partial charge in [-0.05, 0) is 79.5 Å². The average molecular weight is 673 g/mol. The molecule has 0 unspecified atom stereocenters. The summed E-state index contributed by atoms with van der Waals surface area (Å²) >= 11 is 5.02. The molecule has 3 aromatic rings. The van der Waals surface area contributed by atoms with Gasteiger partial charge in [0.2, 0.25) is 5.91 Å². The molecule has 1 amide bonds. The molecule has 46 heavy (non-hydrogen) atoms. The van der Waals surface area contributed by atoms with Gasteiger partial charge in [-0.15, -0.1) is 11.8 Å². The van der Waals surface area contributed by atoms with Crippen molar-refractivity contribution >= 4 is 30.3 Å². The van der Waals surface area contributed by atoms with Gasteiger partial charge in [0.1, 0.15) is 12.4 Å². The Balaban J connectivity index is 0.00000282. The van der Waals surface area contributed by atoms with E-state index in [1.807, 2.05) is 17.9 Å². The normalized spacial score (nSPS) is 12.8. The summed E-state index contributed by atoms with van der Waals surface area (Å²) in [5, 5.41) is 0.716. The van der Waals surface area contributed by atoms with Gasteiger partial charge in [-0.1, -0.05) is 49.1 Å². The van der Waals surface area contributed by atoms with Crippen LogP contribution in [0, 0.1) is 5.82 Å². The van der Waals surface area contributed by atoms with Gasteiger partial charge in [-0.25, -0.2) is 4.39 Å². The fraction of sp³-hybridized carbons (Fsp3) is 0.314. The number of thiol groups is 1. The summed E-state index contributed by atoms with van der Waals surface area (Å²) in [6.07, 6.45) is 1.56. The summed E-state index contributed by atoms with van der Waals surface area (Å²) in [7, 11) is 0. The van der Waals surface area contributed by atoms with Crippen molar-refractivity contribution in [2.75, 3.05) is 25.9 Å². The van der Waals surface area contributed by atoms with Gasteiger partial charge in [-0.2, -0.15) is 25.8 Å². The van der Waals surface area contributed by atoms with Crippen LogP contribution in [0.5, 0.6) is 0 Å². The van der Waals surface area contributed by atoms with E-state index in [1.165, 1.54) is 36.0 Å². The Hall–Kier alpha value is -3.54. The molecule has 2 N–H and O–H groups in total. The van der Waals surface area contributed by atoms with E-state index in [9.17, 15) is 22.4 Å². The minimum absolute atomic E-state index is 0.0679. The van der Waals surface area contributed by atoms with E-state index in [4.69, 9.17) is 5.73 Å². The van der Waals surface area contributed by atoms with Gasteiger partial charge in [0.15, 0.2) is 0 Å². The molecule has 0 saturated carbocycles. The third-order valence-corrected chi connectivity index (χ3v) is 8.43. The summed E-state index contributed by atoms with van der Waals surface area (Å²) < 4.78 is 52.2. The van der Waals surface area contributed by atoms with E-state index in [-0.39, 0.29) is 31.4 Å². The SMILES string of the molecule is C=C(C)C1=C(N(CC(=O)N(CCN)Cc2ccc(-c3ccc(C(F)(F)F)cc3)nc2)C(=C)SCc2ccc(F)cc2)CCC1.CS.